The molecule has 1 aliphatic rings. The number of nitrogens with zero attached hydrogens (tertiary/aromatic N) is 7. The van der Waals surface area contributed by atoms with Crippen LogP contribution in [0.5, 0.6) is 0 Å². The highest BCUT2D eigenvalue weighted by Gasteiger charge is 2.23. The van der Waals surface area contributed by atoms with Crippen LogP contribution in [0.4, 0.5) is 10.1 Å². The maximum absolute atomic E-state index is 14.1. The fourth-order valence-corrected chi connectivity index (χ4v) is 4.82. The summed E-state index contributed by atoms with van der Waals surface area (Å²) < 4.78 is 20.6. The number of benzene rings is 1. The molecule has 0 aliphatic carbocycles. The SMILES string of the molecule is Cc1c(C)n2c3c(=O)n(C)c(=O)n(C)c3nc2n1CCN1CCN(c2ccccc2F)CC1. The van der Waals surface area contributed by atoms with Crippen LogP contribution in [0.15, 0.2) is 33.9 Å². The molecule has 1 aliphatic heterocycles. The van der Waals surface area contributed by atoms with Gasteiger partial charge in [0.15, 0.2) is 11.2 Å². The second kappa shape index (κ2) is 7.87. The van der Waals surface area contributed by atoms with Crippen molar-refractivity contribution in [2.24, 2.45) is 14.1 Å². The molecule has 5 rings (SSSR count). The normalized spacial score (nSPS) is 15.2. The monoisotopic (exact) mass is 453 g/mol. The summed E-state index contributed by atoms with van der Waals surface area (Å²) in [6.07, 6.45) is 0. The van der Waals surface area contributed by atoms with Gasteiger partial charge >= 0.3 is 5.69 Å². The fraction of sp³-hybridized carbons (Fsp3) is 0.435. The fourth-order valence-electron chi connectivity index (χ4n) is 4.82. The molecule has 33 heavy (non-hydrogen) atoms. The number of hydrogen-bond acceptors (Lipinski definition) is 5. The molecule has 9 nitrogen and oxygen atoms in total. The van der Waals surface area contributed by atoms with E-state index >= 15 is 0 Å². The smallest absolute Gasteiger partial charge is 0.332 e. The van der Waals surface area contributed by atoms with Gasteiger partial charge in [0.1, 0.15) is 5.82 Å². The summed E-state index contributed by atoms with van der Waals surface area (Å²) in [6.45, 7) is 8.74. The number of imidazole rings is 2. The molecule has 3 aromatic heterocycles. The number of rotatable bonds is 4. The molecule has 0 atom stereocenters. The van der Waals surface area contributed by atoms with Gasteiger partial charge in [-0.25, -0.2) is 9.18 Å². The molecule has 0 saturated carbocycles. The second-order valence-electron chi connectivity index (χ2n) is 8.73. The highest BCUT2D eigenvalue weighted by molar-refractivity contribution is 5.76. The van der Waals surface area contributed by atoms with Crippen molar-refractivity contribution in [3.05, 3.63) is 62.3 Å². The Morgan fingerprint density at radius 2 is 1.64 bits per heavy atom. The number of anilines is 1. The van der Waals surface area contributed by atoms with E-state index in [0.717, 1.165) is 48.7 Å². The Morgan fingerprint density at radius 1 is 0.939 bits per heavy atom. The summed E-state index contributed by atoms with van der Waals surface area (Å²) in [6, 6.07) is 6.91. The number of hydrogen-bond donors (Lipinski definition) is 0. The highest BCUT2D eigenvalue weighted by atomic mass is 19.1. The van der Waals surface area contributed by atoms with Gasteiger partial charge in [-0.3, -0.25) is 23.2 Å². The van der Waals surface area contributed by atoms with Crippen LogP contribution in [0.3, 0.4) is 0 Å². The van der Waals surface area contributed by atoms with Crippen LogP contribution in [0, 0.1) is 19.7 Å². The minimum atomic E-state index is -0.387. The van der Waals surface area contributed by atoms with E-state index in [9.17, 15) is 14.0 Å². The van der Waals surface area contributed by atoms with Crippen molar-refractivity contribution in [3.63, 3.8) is 0 Å². The molecule has 4 heterocycles. The predicted molar refractivity (Wildman–Crippen MR) is 126 cm³/mol. The van der Waals surface area contributed by atoms with Gasteiger partial charge in [-0.05, 0) is 26.0 Å². The van der Waals surface area contributed by atoms with Gasteiger partial charge in [-0.15, -0.1) is 0 Å². The summed E-state index contributed by atoms with van der Waals surface area (Å²) in [5.41, 5.74) is 2.73. The molecule has 0 N–H and O–H groups in total. The summed E-state index contributed by atoms with van der Waals surface area (Å²) in [4.78, 5) is 34.4. The second-order valence-corrected chi connectivity index (χ2v) is 8.73. The zero-order valence-corrected chi connectivity index (χ0v) is 19.4. The average Bonchev–Trinajstić information content (AvgIpc) is 3.31. The summed E-state index contributed by atoms with van der Waals surface area (Å²) in [5.74, 6) is 0.488. The number of aromatic nitrogens is 5. The first-order valence-corrected chi connectivity index (χ1v) is 11.1. The van der Waals surface area contributed by atoms with Crippen LogP contribution >= 0.6 is 0 Å². The number of piperazine rings is 1. The molecule has 1 saturated heterocycles. The van der Waals surface area contributed by atoms with Crippen molar-refractivity contribution in [2.45, 2.75) is 20.4 Å². The lowest BCUT2D eigenvalue weighted by atomic mass is 10.2. The molecule has 1 fully saturated rings. The Bertz CT molecular complexity index is 1490. The molecule has 10 heteroatoms. The van der Waals surface area contributed by atoms with Crippen LogP contribution < -0.4 is 16.1 Å². The lowest BCUT2D eigenvalue weighted by molar-refractivity contribution is 0.248. The number of aryl methyl sites for hydroxylation is 2. The molecule has 0 unspecified atom stereocenters. The van der Waals surface area contributed by atoms with Crippen LogP contribution in [0.2, 0.25) is 0 Å². The van der Waals surface area contributed by atoms with E-state index in [0.29, 0.717) is 29.2 Å². The molecule has 4 aromatic rings. The minimum Gasteiger partial charge on any atom is -0.367 e. The van der Waals surface area contributed by atoms with E-state index in [4.69, 9.17) is 4.98 Å². The van der Waals surface area contributed by atoms with Gasteiger partial charge in [-0.2, -0.15) is 4.98 Å². The topological polar surface area (TPSA) is 72.7 Å². The number of fused-ring (bicyclic) bond motifs is 3. The average molecular weight is 454 g/mol. The van der Waals surface area contributed by atoms with Gasteiger partial charge in [-0.1, -0.05) is 12.1 Å². The van der Waals surface area contributed by atoms with E-state index in [-0.39, 0.29) is 17.1 Å². The first-order chi connectivity index (χ1) is 15.8. The van der Waals surface area contributed by atoms with Crippen molar-refractivity contribution < 1.29 is 4.39 Å². The molecule has 0 bridgehead atoms. The molecule has 0 spiro atoms. The maximum Gasteiger partial charge on any atom is 0.332 e. The Labute approximate surface area is 189 Å². The molecular weight excluding hydrogens is 425 g/mol. The van der Waals surface area contributed by atoms with E-state index in [2.05, 4.69) is 14.4 Å². The number of para-hydroxylation sites is 1. The van der Waals surface area contributed by atoms with Gasteiger partial charge in [0.25, 0.3) is 5.56 Å². The van der Waals surface area contributed by atoms with Crippen LogP contribution in [0.25, 0.3) is 16.9 Å². The standard InChI is InChI=1S/C23H28FN7O2/c1-15-16(2)31-19-20(26(3)23(33)27(4)21(19)32)25-22(31)30(15)14-11-28-9-12-29(13-10-28)18-8-6-5-7-17(18)24/h5-8H,9-14H2,1-4H3. The van der Waals surface area contributed by atoms with E-state index in [1.54, 1.807) is 13.1 Å². The van der Waals surface area contributed by atoms with Crippen LogP contribution in [-0.4, -0.2) is 60.7 Å². The predicted octanol–water partition coefficient (Wildman–Crippen LogP) is 1.26. The van der Waals surface area contributed by atoms with Gasteiger partial charge in [0, 0.05) is 64.8 Å². The number of halogens is 1. The third-order valence-electron chi connectivity index (χ3n) is 6.95. The molecule has 0 radical (unpaired) electrons. The molecule has 0 amide bonds. The van der Waals surface area contributed by atoms with Crippen molar-refractivity contribution in [2.75, 3.05) is 37.6 Å². The van der Waals surface area contributed by atoms with Gasteiger partial charge in [0.05, 0.1) is 5.69 Å². The Kier molecular flexibility index (Phi) is 5.12. The summed E-state index contributed by atoms with van der Waals surface area (Å²) in [7, 11) is 3.13. The lowest BCUT2D eigenvalue weighted by Gasteiger charge is -2.36. The first-order valence-electron chi connectivity index (χ1n) is 11.1. The van der Waals surface area contributed by atoms with E-state index < -0.39 is 0 Å². The molecule has 174 valence electrons. The zero-order valence-electron chi connectivity index (χ0n) is 19.4. The maximum atomic E-state index is 14.1. The van der Waals surface area contributed by atoms with Gasteiger partial charge in [0.2, 0.25) is 5.78 Å². The van der Waals surface area contributed by atoms with Crippen molar-refractivity contribution in [1.82, 2.24) is 28.0 Å². The Balaban J connectivity index is 1.40. The van der Waals surface area contributed by atoms with E-state index in [1.165, 1.54) is 17.7 Å². The summed E-state index contributed by atoms with van der Waals surface area (Å²) in [5, 5.41) is 0. The third kappa shape index (κ3) is 3.28. The highest BCUT2D eigenvalue weighted by Crippen LogP contribution is 2.22. The minimum absolute atomic E-state index is 0.182. The van der Waals surface area contributed by atoms with Crippen molar-refractivity contribution in [1.29, 1.82) is 0 Å². The Hall–Kier alpha value is -3.40. The van der Waals surface area contributed by atoms with E-state index in [1.807, 2.05) is 30.4 Å². The van der Waals surface area contributed by atoms with Crippen molar-refractivity contribution >= 4 is 22.6 Å². The largest absolute Gasteiger partial charge is 0.367 e. The summed E-state index contributed by atoms with van der Waals surface area (Å²) >= 11 is 0. The third-order valence-corrected chi connectivity index (χ3v) is 6.95. The van der Waals surface area contributed by atoms with Gasteiger partial charge < -0.3 is 9.47 Å². The first kappa shape index (κ1) is 21.4. The lowest BCUT2D eigenvalue weighted by Crippen LogP contribution is -2.47. The zero-order chi connectivity index (χ0) is 23.4. The molecular formula is C23H28FN7O2. The van der Waals surface area contributed by atoms with Crippen LogP contribution in [0.1, 0.15) is 11.4 Å². The Morgan fingerprint density at radius 3 is 2.33 bits per heavy atom. The van der Waals surface area contributed by atoms with Crippen LogP contribution in [-0.2, 0) is 20.6 Å². The van der Waals surface area contributed by atoms with Crippen molar-refractivity contribution in [3.8, 4) is 0 Å². The molecule has 1 aromatic carbocycles. The quantitative estimate of drug-likeness (QED) is 0.465.